The Labute approximate surface area is 218 Å². The number of fused-ring (bicyclic) bond motifs is 2. The second-order valence-electron chi connectivity index (χ2n) is 9.56. The lowest BCUT2D eigenvalue weighted by Crippen LogP contribution is -2.40. The lowest BCUT2D eigenvalue weighted by Gasteiger charge is -2.26. The van der Waals surface area contributed by atoms with Crippen molar-refractivity contribution >= 4 is 32.5 Å². The standard InChI is InChI=1S/C26H28N4O5S2/c27-15-19-6-1-2-12-24(19)37(34,35)30-13-5-11-23(30)22(16-28-36(32)33)26(31)29-25-20-9-3-7-17(20)14-18-8-4-10-21(18)25/h1-2,6,12,14,16,23,36H,3-5,7-11,13H2,(H,29,31)(H,28,32,33). The number of carbonyl (C=O) groups is 1. The largest absolute Gasteiger partial charge is 0.322 e. The molecule has 1 aliphatic heterocycles. The maximum atomic E-state index is 13.8. The second kappa shape index (κ2) is 10.3. The Morgan fingerprint density at radius 2 is 1.73 bits per heavy atom. The summed E-state index contributed by atoms with van der Waals surface area (Å²) in [6.45, 7) is 0.150. The number of aryl methyl sites for hydroxylation is 2. The van der Waals surface area contributed by atoms with Crippen LogP contribution in [0.25, 0.3) is 0 Å². The lowest BCUT2D eigenvalue weighted by molar-refractivity contribution is -0.113. The van der Waals surface area contributed by atoms with Gasteiger partial charge in [-0.15, -0.1) is 0 Å². The molecular weight excluding hydrogens is 512 g/mol. The molecule has 0 spiro atoms. The van der Waals surface area contributed by atoms with E-state index in [9.17, 15) is 26.9 Å². The Morgan fingerprint density at radius 3 is 2.38 bits per heavy atom. The van der Waals surface area contributed by atoms with Crippen LogP contribution in [0.1, 0.15) is 53.5 Å². The summed E-state index contributed by atoms with van der Waals surface area (Å²) in [6, 6.07) is 9.22. The summed E-state index contributed by atoms with van der Waals surface area (Å²) in [5, 5.41) is 12.5. The van der Waals surface area contributed by atoms with Gasteiger partial charge < -0.3 is 5.32 Å². The molecule has 2 N–H and O–H groups in total. The molecule has 2 aromatic rings. The van der Waals surface area contributed by atoms with Crippen LogP contribution in [-0.2, 0) is 51.4 Å². The van der Waals surface area contributed by atoms with Crippen molar-refractivity contribution < 1.29 is 21.6 Å². The van der Waals surface area contributed by atoms with E-state index in [1.165, 1.54) is 27.6 Å². The highest BCUT2D eigenvalue weighted by Gasteiger charge is 2.40. The number of amides is 1. The van der Waals surface area contributed by atoms with Gasteiger partial charge in [0.1, 0.15) is 6.07 Å². The Hall–Kier alpha value is -3.20. The minimum absolute atomic E-state index is 0.0132. The van der Waals surface area contributed by atoms with Gasteiger partial charge in [-0.2, -0.15) is 9.57 Å². The molecule has 1 fully saturated rings. The summed E-state index contributed by atoms with van der Waals surface area (Å²) in [5.41, 5.74) is 5.55. The van der Waals surface area contributed by atoms with Crippen LogP contribution in [0.2, 0.25) is 0 Å². The van der Waals surface area contributed by atoms with Gasteiger partial charge in [0.05, 0.1) is 22.1 Å². The van der Waals surface area contributed by atoms with Crippen LogP contribution in [0.3, 0.4) is 0 Å². The van der Waals surface area contributed by atoms with Gasteiger partial charge in [0.25, 0.3) is 5.91 Å². The van der Waals surface area contributed by atoms with Gasteiger partial charge in [0, 0.05) is 18.4 Å². The van der Waals surface area contributed by atoms with Crippen molar-refractivity contribution in [2.45, 2.75) is 62.3 Å². The first-order chi connectivity index (χ1) is 17.8. The van der Waals surface area contributed by atoms with E-state index in [-0.39, 0.29) is 22.6 Å². The molecule has 2 aliphatic carbocycles. The molecule has 194 valence electrons. The molecule has 1 atom stereocenters. The van der Waals surface area contributed by atoms with Crippen LogP contribution < -0.4 is 10.0 Å². The summed E-state index contributed by atoms with van der Waals surface area (Å²) in [4.78, 5) is 13.6. The number of nitriles is 1. The van der Waals surface area contributed by atoms with E-state index < -0.39 is 32.9 Å². The quantitative estimate of drug-likeness (QED) is 0.364. The number of benzene rings is 2. The lowest BCUT2D eigenvalue weighted by atomic mass is 9.98. The molecule has 1 saturated heterocycles. The van der Waals surface area contributed by atoms with E-state index in [1.807, 2.05) is 6.07 Å². The zero-order chi connectivity index (χ0) is 26.2. The first-order valence-electron chi connectivity index (χ1n) is 12.4. The fourth-order valence-corrected chi connectivity index (χ4v) is 7.90. The van der Waals surface area contributed by atoms with Gasteiger partial charge in [-0.25, -0.2) is 16.8 Å². The van der Waals surface area contributed by atoms with E-state index in [4.69, 9.17) is 0 Å². The third-order valence-electron chi connectivity index (χ3n) is 7.46. The zero-order valence-electron chi connectivity index (χ0n) is 20.2. The third kappa shape index (κ3) is 4.77. The highest BCUT2D eigenvalue weighted by Crippen LogP contribution is 2.39. The molecular formula is C26H28N4O5S2. The van der Waals surface area contributed by atoms with E-state index in [1.54, 1.807) is 12.1 Å². The molecule has 5 rings (SSSR count). The fraction of sp³-hybridized carbons (Fsp3) is 0.385. The van der Waals surface area contributed by atoms with Crippen LogP contribution in [0.15, 0.2) is 47.0 Å². The molecule has 0 radical (unpaired) electrons. The second-order valence-corrected chi connectivity index (χ2v) is 12.2. The molecule has 3 aliphatic rings. The monoisotopic (exact) mass is 540 g/mol. The zero-order valence-corrected chi connectivity index (χ0v) is 21.9. The number of rotatable bonds is 7. The predicted octanol–water partition coefficient (Wildman–Crippen LogP) is 2.33. The maximum absolute atomic E-state index is 13.8. The van der Waals surface area contributed by atoms with Gasteiger partial charge in [-0.05, 0) is 85.8 Å². The first kappa shape index (κ1) is 25.4. The molecule has 1 heterocycles. The van der Waals surface area contributed by atoms with Gasteiger partial charge in [0.15, 0.2) is 0 Å². The average Bonchev–Trinajstić information content (AvgIpc) is 3.64. The molecule has 9 nitrogen and oxygen atoms in total. The van der Waals surface area contributed by atoms with Gasteiger partial charge in [-0.3, -0.25) is 9.52 Å². The number of nitrogens with zero attached hydrogens (tertiary/aromatic N) is 2. The summed E-state index contributed by atoms with van der Waals surface area (Å²) in [5.74, 6) is -0.528. The summed E-state index contributed by atoms with van der Waals surface area (Å²) in [6.07, 6.45) is 7.58. The van der Waals surface area contributed by atoms with Gasteiger partial charge in [-0.1, -0.05) is 18.2 Å². The van der Waals surface area contributed by atoms with Crippen molar-refractivity contribution in [2.24, 2.45) is 0 Å². The van der Waals surface area contributed by atoms with Crippen molar-refractivity contribution in [3.63, 3.8) is 0 Å². The molecule has 37 heavy (non-hydrogen) atoms. The van der Waals surface area contributed by atoms with Gasteiger partial charge >= 0.3 is 0 Å². The molecule has 0 bridgehead atoms. The number of hydrogen-bond acceptors (Lipinski definition) is 6. The Bertz CT molecular complexity index is 1480. The Kier molecular flexibility index (Phi) is 7.07. The van der Waals surface area contributed by atoms with Crippen molar-refractivity contribution in [1.29, 1.82) is 5.26 Å². The normalized spacial score (nSPS) is 19.5. The Morgan fingerprint density at radius 1 is 1.05 bits per heavy atom. The maximum Gasteiger partial charge on any atom is 0.254 e. The number of nitrogens with one attached hydrogen (secondary N) is 2. The number of anilines is 1. The minimum Gasteiger partial charge on any atom is -0.322 e. The van der Waals surface area contributed by atoms with Crippen LogP contribution >= 0.6 is 0 Å². The average molecular weight is 541 g/mol. The smallest absolute Gasteiger partial charge is 0.254 e. The molecule has 11 heteroatoms. The third-order valence-corrected chi connectivity index (χ3v) is 9.76. The molecule has 1 amide bonds. The fourth-order valence-electron chi connectivity index (χ4n) is 5.84. The summed E-state index contributed by atoms with van der Waals surface area (Å²) >= 11 is 0. The minimum atomic E-state index is -4.13. The van der Waals surface area contributed by atoms with E-state index in [0.29, 0.717) is 12.8 Å². The van der Waals surface area contributed by atoms with E-state index in [0.717, 1.165) is 61.5 Å². The van der Waals surface area contributed by atoms with Crippen LogP contribution in [0.4, 0.5) is 5.69 Å². The predicted molar refractivity (Wildman–Crippen MR) is 139 cm³/mol. The molecule has 1 unspecified atom stereocenters. The number of sulfonamides is 1. The molecule has 0 aromatic heterocycles. The highest BCUT2D eigenvalue weighted by atomic mass is 32.2. The number of thiol groups is 1. The highest BCUT2D eigenvalue weighted by molar-refractivity contribution is 7.89. The van der Waals surface area contributed by atoms with E-state index in [2.05, 4.69) is 16.1 Å². The molecule has 0 saturated carbocycles. The van der Waals surface area contributed by atoms with E-state index >= 15 is 0 Å². The number of hydrogen-bond donors (Lipinski definition) is 3. The van der Waals surface area contributed by atoms with Crippen molar-refractivity contribution in [2.75, 3.05) is 11.9 Å². The van der Waals surface area contributed by atoms with Crippen molar-refractivity contribution in [3.05, 3.63) is 69.9 Å². The first-order valence-corrected chi connectivity index (χ1v) is 15.0. The van der Waals surface area contributed by atoms with Crippen molar-refractivity contribution in [3.8, 4) is 6.07 Å². The van der Waals surface area contributed by atoms with Crippen LogP contribution in [0.5, 0.6) is 0 Å². The van der Waals surface area contributed by atoms with Crippen molar-refractivity contribution in [1.82, 2.24) is 9.03 Å². The van der Waals surface area contributed by atoms with Crippen LogP contribution in [0, 0.1) is 11.3 Å². The number of carbonyl (C=O) groups excluding carboxylic acids is 1. The topological polar surface area (TPSA) is 136 Å². The summed E-state index contributed by atoms with van der Waals surface area (Å²) in [7, 11) is -7.18. The Balaban J connectivity index is 1.52. The molecule has 2 aromatic carbocycles. The van der Waals surface area contributed by atoms with Gasteiger partial charge in [0.2, 0.25) is 20.9 Å². The van der Waals surface area contributed by atoms with Crippen LogP contribution in [-0.4, -0.2) is 39.6 Å². The summed E-state index contributed by atoms with van der Waals surface area (Å²) < 4.78 is 53.4. The SMILES string of the molecule is N#Cc1ccccc1S(=O)(=O)N1CCCC1C(=CN[SH](=O)=O)C(=O)Nc1c2c(cc3c1CCC3)CCC2.